The predicted octanol–water partition coefficient (Wildman–Crippen LogP) is 4.32. The zero-order valence-corrected chi connectivity index (χ0v) is 17.7. The van der Waals surface area contributed by atoms with Crippen molar-refractivity contribution in [1.82, 2.24) is 9.97 Å². The normalized spacial score (nSPS) is 11.5. The zero-order chi connectivity index (χ0) is 22.4. The van der Waals surface area contributed by atoms with Crippen molar-refractivity contribution in [1.29, 1.82) is 0 Å². The molecule has 3 aromatic rings. The van der Waals surface area contributed by atoms with E-state index in [0.717, 1.165) is 34.2 Å². The van der Waals surface area contributed by atoms with E-state index < -0.39 is 16.7 Å². The average Bonchev–Trinajstić information content (AvgIpc) is 2.70. The van der Waals surface area contributed by atoms with E-state index in [9.17, 15) is 17.2 Å². The molecule has 0 saturated carbocycles. The number of anilines is 2. The van der Waals surface area contributed by atoms with Gasteiger partial charge in [0, 0.05) is 23.6 Å². The molecule has 0 radical (unpaired) electrons. The van der Waals surface area contributed by atoms with Gasteiger partial charge in [0.05, 0.1) is 12.9 Å². The van der Waals surface area contributed by atoms with E-state index in [4.69, 9.17) is 4.18 Å². The smallest absolute Gasteiger partial charge is 0.387 e. The van der Waals surface area contributed by atoms with Gasteiger partial charge in [0.2, 0.25) is 5.95 Å². The number of alkyl halides is 2. The van der Waals surface area contributed by atoms with Crippen molar-refractivity contribution in [2.45, 2.75) is 20.0 Å². The number of nitrogens with zero attached hydrogens (tertiary/aromatic N) is 2. The minimum Gasteiger partial charge on any atom is -0.435 e. The highest BCUT2D eigenvalue weighted by molar-refractivity contribution is 7.85. The zero-order valence-electron chi connectivity index (χ0n) is 16.9. The van der Waals surface area contributed by atoms with E-state index in [0.29, 0.717) is 12.4 Å². The molecule has 2 aromatic carbocycles. The third-order valence-electron chi connectivity index (χ3n) is 4.34. The Kier molecular flexibility index (Phi) is 7.13. The number of halogens is 2. The molecule has 1 aromatic heterocycles. The largest absolute Gasteiger partial charge is 0.435 e. The van der Waals surface area contributed by atoms with Gasteiger partial charge in [-0.2, -0.15) is 17.2 Å². The molecule has 0 fully saturated rings. The van der Waals surface area contributed by atoms with Crippen molar-refractivity contribution in [3.05, 3.63) is 66.0 Å². The van der Waals surface area contributed by atoms with Crippen LogP contribution < -0.4 is 10.1 Å². The van der Waals surface area contributed by atoms with E-state index in [1.165, 1.54) is 12.1 Å². The van der Waals surface area contributed by atoms with Gasteiger partial charge in [-0.3, -0.25) is 4.18 Å². The molecule has 10 heteroatoms. The summed E-state index contributed by atoms with van der Waals surface area (Å²) < 4.78 is 55.9. The molecule has 0 aliphatic rings. The number of aryl methyl sites for hydroxylation is 1. The number of aromatic nitrogens is 2. The maximum absolute atomic E-state index is 12.2. The molecular formula is C21H21F2N3O4S. The number of hydrogen-bond donors (Lipinski definition) is 1. The molecule has 3 rings (SSSR count). The van der Waals surface area contributed by atoms with Crippen molar-refractivity contribution in [2.24, 2.45) is 0 Å². The fraction of sp³-hybridized carbons (Fsp3) is 0.238. The lowest BCUT2D eigenvalue weighted by Crippen LogP contribution is -2.07. The van der Waals surface area contributed by atoms with Crippen LogP contribution >= 0.6 is 0 Å². The molecule has 0 bridgehead atoms. The van der Waals surface area contributed by atoms with Crippen molar-refractivity contribution in [2.75, 3.05) is 18.2 Å². The summed E-state index contributed by atoms with van der Waals surface area (Å²) in [7, 11) is -3.48. The van der Waals surface area contributed by atoms with Gasteiger partial charge in [0.25, 0.3) is 10.1 Å². The third-order valence-corrected chi connectivity index (χ3v) is 4.93. The topological polar surface area (TPSA) is 90.4 Å². The van der Waals surface area contributed by atoms with E-state index in [1.54, 1.807) is 24.5 Å². The maximum Gasteiger partial charge on any atom is 0.387 e. The van der Waals surface area contributed by atoms with Crippen LogP contribution in [0.3, 0.4) is 0 Å². The molecule has 164 valence electrons. The monoisotopic (exact) mass is 449 g/mol. The van der Waals surface area contributed by atoms with Crippen LogP contribution in [0.2, 0.25) is 0 Å². The van der Waals surface area contributed by atoms with E-state index >= 15 is 0 Å². The first-order valence-corrected chi connectivity index (χ1v) is 11.1. The summed E-state index contributed by atoms with van der Waals surface area (Å²) in [5, 5.41) is 3.10. The predicted molar refractivity (Wildman–Crippen MR) is 113 cm³/mol. The lowest BCUT2D eigenvalue weighted by Gasteiger charge is -2.11. The molecule has 0 aliphatic carbocycles. The van der Waals surface area contributed by atoms with Gasteiger partial charge < -0.3 is 10.1 Å². The van der Waals surface area contributed by atoms with Gasteiger partial charge >= 0.3 is 6.61 Å². The van der Waals surface area contributed by atoms with Gasteiger partial charge in [-0.25, -0.2) is 9.97 Å². The fourth-order valence-electron chi connectivity index (χ4n) is 2.82. The maximum atomic E-state index is 12.2. The molecule has 0 amide bonds. The standard InChI is InChI=1S/C21H21F2N3O4S/c1-14-3-6-18(11-16(14)9-10-29-31(2,27)28)26-21-24-12-17(13-25-21)15-4-7-19(8-5-15)30-20(22)23/h3-8,11-13,20H,9-10H2,1-2H3,(H,24,25,26). The van der Waals surface area contributed by atoms with Gasteiger partial charge in [-0.15, -0.1) is 0 Å². The number of hydrogen-bond acceptors (Lipinski definition) is 7. The summed E-state index contributed by atoms with van der Waals surface area (Å²) in [5.41, 5.74) is 4.18. The van der Waals surface area contributed by atoms with Gasteiger partial charge in [-0.05, 0) is 54.3 Å². The SMILES string of the molecule is Cc1ccc(Nc2ncc(-c3ccc(OC(F)F)cc3)cn2)cc1CCOS(C)(=O)=O. The molecule has 0 saturated heterocycles. The minimum atomic E-state index is -3.48. The van der Waals surface area contributed by atoms with E-state index in [-0.39, 0.29) is 12.4 Å². The Bertz CT molecular complexity index is 1120. The molecule has 0 atom stereocenters. The highest BCUT2D eigenvalue weighted by Crippen LogP contribution is 2.24. The molecular weight excluding hydrogens is 428 g/mol. The summed E-state index contributed by atoms with van der Waals surface area (Å²) in [4.78, 5) is 8.58. The quantitative estimate of drug-likeness (QED) is 0.487. The van der Waals surface area contributed by atoms with Crippen molar-refractivity contribution < 1.29 is 26.1 Å². The van der Waals surface area contributed by atoms with E-state index in [1.807, 2.05) is 25.1 Å². The van der Waals surface area contributed by atoms with Crippen LogP contribution in [0.1, 0.15) is 11.1 Å². The first-order chi connectivity index (χ1) is 14.7. The van der Waals surface area contributed by atoms with Crippen molar-refractivity contribution in [3.8, 4) is 16.9 Å². The van der Waals surface area contributed by atoms with Crippen molar-refractivity contribution in [3.63, 3.8) is 0 Å². The van der Waals surface area contributed by atoms with Crippen LogP contribution in [0, 0.1) is 6.92 Å². The van der Waals surface area contributed by atoms with Crippen LogP contribution in [0.4, 0.5) is 20.4 Å². The Morgan fingerprint density at radius 2 is 1.71 bits per heavy atom. The number of benzene rings is 2. The number of nitrogens with one attached hydrogen (secondary N) is 1. The van der Waals surface area contributed by atoms with Crippen LogP contribution in [0.15, 0.2) is 54.9 Å². The summed E-state index contributed by atoms with van der Waals surface area (Å²) in [5.74, 6) is 0.457. The first-order valence-electron chi connectivity index (χ1n) is 9.28. The molecule has 31 heavy (non-hydrogen) atoms. The average molecular weight is 449 g/mol. The molecule has 7 nitrogen and oxygen atoms in total. The van der Waals surface area contributed by atoms with Gasteiger partial charge in [0.1, 0.15) is 5.75 Å². The number of ether oxygens (including phenoxy) is 1. The highest BCUT2D eigenvalue weighted by Gasteiger charge is 2.08. The van der Waals surface area contributed by atoms with E-state index in [2.05, 4.69) is 20.0 Å². The molecule has 1 heterocycles. The third kappa shape index (κ3) is 6.97. The summed E-state index contributed by atoms with van der Waals surface area (Å²) in [6.45, 7) is -0.869. The van der Waals surface area contributed by atoms with Crippen molar-refractivity contribution >= 4 is 21.8 Å². The second-order valence-electron chi connectivity index (χ2n) is 6.74. The fourth-order valence-corrected chi connectivity index (χ4v) is 3.21. The Balaban J connectivity index is 1.66. The molecule has 0 spiro atoms. The van der Waals surface area contributed by atoms with Gasteiger partial charge in [-0.1, -0.05) is 18.2 Å². The van der Waals surface area contributed by atoms with Gasteiger partial charge in [0.15, 0.2) is 0 Å². The second kappa shape index (κ2) is 9.80. The van der Waals surface area contributed by atoms with Crippen LogP contribution in [-0.2, 0) is 20.7 Å². The summed E-state index contributed by atoms with van der Waals surface area (Å²) >= 11 is 0. The summed E-state index contributed by atoms with van der Waals surface area (Å²) in [6, 6.07) is 11.9. The molecule has 1 N–H and O–H groups in total. The second-order valence-corrected chi connectivity index (χ2v) is 8.38. The lowest BCUT2D eigenvalue weighted by molar-refractivity contribution is -0.0498. The number of rotatable bonds is 9. The molecule has 0 aliphatic heterocycles. The Hall–Kier alpha value is -3.11. The van der Waals surface area contributed by atoms with Crippen LogP contribution in [-0.4, -0.2) is 37.9 Å². The Morgan fingerprint density at radius 1 is 1.03 bits per heavy atom. The minimum absolute atomic E-state index is 0.0649. The highest BCUT2D eigenvalue weighted by atomic mass is 32.2. The first kappa shape index (κ1) is 22.6. The Labute approximate surface area is 179 Å². The summed E-state index contributed by atoms with van der Waals surface area (Å²) in [6.07, 6.45) is 4.70. The Morgan fingerprint density at radius 3 is 2.32 bits per heavy atom. The van der Waals surface area contributed by atoms with Crippen LogP contribution in [0.5, 0.6) is 5.75 Å². The van der Waals surface area contributed by atoms with Crippen LogP contribution in [0.25, 0.3) is 11.1 Å². The molecule has 0 unspecified atom stereocenters. The lowest BCUT2D eigenvalue weighted by atomic mass is 10.1.